The molecule has 7 nitrogen and oxygen atoms in total. The van der Waals surface area contributed by atoms with Crippen molar-refractivity contribution in [2.75, 3.05) is 19.5 Å². The quantitative estimate of drug-likeness (QED) is 0.663. The van der Waals surface area contributed by atoms with E-state index in [4.69, 9.17) is 4.74 Å². The highest BCUT2D eigenvalue weighted by Gasteiger charge is 2.16. The Kier molecular flexibility index (Phi) is 5.27. The number of hydrogen-bond donors (Lipinski definition) is 1. The second-order valence-corrected chi connectivity index (χ2v) is 7.50. The Morgan fingerprint density at radius 3 is 2.97 bits per heavy atom. The summed E-state index contributed by atoms with van der Waals surface area (Å²) in [4.78, 5) is 30.1. The molecule has 1 N–H and O–H groups in total. The molecule has 2 aromatic heterocycles. The highest BCUT2D eigenvalue weighted by atomic mass is 16.5. The van der Waals surface area contributed by atoms with E-state index >= 15 is 0 Å². The lowest BCUT2D eigenvalue weighted by molar-refractivity contribution is -0.125. The fraction of sp³-hybridized carbons (Fsp3) is 0.261. The summed E-state index contributed by atoms with van der Waals surface area (Å²) in [6, 6.07) is 7.91. The average Bonchev–Trinajstić information content (AvgIpc) is 3.06. The number of amides is 2. The second kappa shape index (κ2) is 8.02. The number of aromatic nitrogens is 2. The fourth-order valence-electron chi connectivity index (χ4n) is 3.70. The second-order valence-electron chi connectivity index (χ2n) is 7.50. The molecule has 0 radical (unpaired) electrons. The molecule has 0 saturated heterocycles. The van der Waals surface area contributed by atoms with Crippen molar-refractivity contribution in [3.05, 3.63) is 59.4 Å². The summed E-state index contributed by atoms with van der Waals surface area (Å²) in [5.41, 5.74) is 3.97. The Morgan fingerprint density at radius 1 is 1.33 bits per heavy atom. The number of carbonyl (C=O) groups excluding carboxylic acids is 2. The molecule has 3 heterocycles. The average molecular weight is 404 g/mol. The minimum Gasteiger partial charge on any atom is -0.497 e. The number of methoxy groups -OCH3 is 1. The van der Waals surface area contributed by atoms with E-state index in [9.17, 15) is 9.59 Å². The maximum Gasteiger partial charge on any atom is 0.246 e. The fourth-order valence-corrected chi connectivity index (χ4v) is 3.70. The molecule has 1 aromatic carbocycles. The van der Waals surface area contributed by atoms with Gasteiger partial charge in [-0.2, -0.15) is 0 Å². The Morgan fingerprint density at radius 2 is 2.17 bits per heavy atom. The van der Waals surface area contributed by atoms with Crippen molar-refractivity contribution in [3.8, 4) is 5.75 Å². The number of rotatable bonds is 5. The zero-order chi connectivity index (χ0) is 21.3. The minimum atomic E-state index is -0.0964. The third-order valence-electron chi connectivity index (χ3n) is 5.35. The van der Waals surface area contributed by atoms with Crippen LogP contribution in [0.3, 0.4) is 0 Å². The smallest absolute Gasteiger partial charge is 0.246 e. The first-order chi connectivity index (χ1) is 14.4. The van der Waals surface area contributed by atoms with E-state index in [1.807, 2.05) is 37.5 Å². The van der Waals surface area contributed by atoms with Gasteiger partial charge in [-0.15, -0.1) is 0 Å². The van der Waals surface area contributed by atoms with E-state index in [1.54, 1.807) is 37.4 Å². The largest absolute Gasteiger partial charge is 0.497 e. The molecular formula is C23H24N4O3. The van der Waals surface area contributed by atoms with Crippen molar-refractivity contribution in [2.45, 2.75) is 19.4 Å². The molecule has 1 aliphatic rings. The van der Waals surface area contributed by atoms with Crippen molar-refractivity contribution < 1.29 is 14.3 Å². The number of fused-ring (bicyclic) bond motifs is 2. The first-order valence-corrected chi connectivity index (χ1v) is 9.78. The number of ether oxygens (including phenoxy) is 1. The number of anilines is 1. The summed E-state index contributed by atoms with van der Waals surface area (Å²) in [7, 11) is 5.42. The van der Waals surface area contributed by atoms with Gasteiger partial charge in [-0.3, -0.25) is 9.59 Å². The van der Waals surface area contributed by atoms with Gasteiger partial charge in [0.2, 0.25) is 11.8 Å². The molecule has 0 bridgehead atoms. The first kappa shape index (κ1) is 19.7. The molecule has 0 spiro atoms. The van der Waals surface area contributed by atoms with Gasteiger partial charge in [-0.1, -0.05) is 0 Å². The van der Waals surface area contributed by atoms with E-state index in [0.29, 0.717) is 25.2 Å². The van der Waals surface area contributed by atoms with Crippen LogP contribution in [-0.2, 0) is 29.6 Å². The molecule has 0 aliphatic carbocycles. The number of pyridine rings is 1. The number of hydrogen-bond acceptors (Lipinski definition) is 4. The van der Waals surface area contributed by atoms with Crippen LogP contribution in [0.5, 0.6) is 5.75 Å². The summed E-state index contributed by atoms with van der Waals surface area (Å²) in [6.07, 6.45) is 8.13. The lowest BCUT2D eigenvalue weighted by atomic mass is 10.0. The molecule has 3 aromatic rings. The van der Waals surface area contributed by atoms with Gasteiger partial charge >= 0.3 is 0 Å². The van der Waals surface area contributed by atoms with Gasteiger partial charge < -0.3 is 19.5 Å². The van der Waals surface area contributed by atoms with Crippen LogP contribution in [0.15, 0.2) is 42.7 Å². The Hall–Kier alpha value is -3.61. The van der Waals surface area contributed by atoms with Gasteiger partial charge in [-0.25, -0.2) is 4.98 Å². The molecule has 0 saturated carbocycles. The van der Waals surface area contributed by atoms with Crippen LogP contribution in [0.25, 0.3) is 17.0 Å². The van der Waals surface area contributed by atoms with Gasteiger partial charge in [0, 0.05) is 56.4 Å². The van der Waals surface area contributed by atoms with Gasteiger partial charge in [0.15, 0.2) is 0 Å². The highest BCUT2D eigenvalue weighted by Crippen LogP contribution is 2.26. The van der Waals surface area contributed by atoms with Crippen LogP contribution < -0.4 is 10.1 Å². The monoisotopic (exact) mass is 404 g/mol. The molecule has 4 rings (SSSR count). The van der Waals surface area contributed by atoms with Crippen LogP contribution in [-0.4, -0.2) is 40.4 Å². The molecule has 2 amide bonds. The third-order valence-corrected chi connectivity index (χ3v) is 5.35. The Bertz CT molecular complexity index is 1160. The number of nitrogens with zero attached hydrogens (tertiary/aromatic N) is 3. The number of likely N-dealkylation sites (N-methyl/N-ethyl adjacent to an activating group) is 1. The highest BCUT2D eigenvalue weighted by molar-refractivity contribution is 5.94. The SMILES string of the molecule is COc1ccc2c(c1)c(CN(C)C(=O)/C=C/c1cnc3c(c1)CCC(=O)N3)cn2C. The summed E-state index contributed by atoms with van der Waals surface area (Å²) < 4.78 is 7.39. The number of nitrogens with one attached hydrogen (secondary N) is 1. The molecule has 0 fully saturated rings. The maximum absolute atomic E-state index is 12.6. The summed E-state index contributed by atoms with van der Waals surface area (Å²) in [5, 5.41) is 3.83. The number of aryl methyl sites for hydroxylation is 2. The van der Waals surface area contributed by atoms with Gasteiger partial charge in [0.05, 0.1) is 7.11 Å². The van der Waals surface area contributed by atoms with Crippen LogP contribution in [0, 0.1) is 0 Å². The Labute approximate surface area is 175 Å². The van der Waals surface area contributed by atoms with E-state index in [-0.39, 0.29) is 11.8 Å². The Balaban J connectivity index is 1.48. The number of benzene rings is 1. The predicted molar refractivity (Wildman–Crippen MR) is 116 cm³/mol. The molecule has 0 atom stereocenters. The van der Waals surface area contributed by atoms with Crippen LogP contribution >= 0.6 is 0 Å². The van der Waals surface area contributed by atoms with Crippen molar-refractivity contribution >= 4 is 34.6 Å². The standard InChI is InChI=1S/C23H24N4O3/c1-26-13-17(19-11-18(30-3)6-7-20(19)26)14-27(2)22(29)9-4-15-10-16-5-8-21(28)25-23(16)24-12-15/h4,6-7,9-13H,5,8,14H2,1-3H3,(H,24,25,28)/b9-4+. The molecule has 1 aliphatic heterocycles. The van der Waals surface area contributed by atoms with Crippen molar-refractivity contribution in [1.29, 1.82) is 0 Å². The summed E-state index contributed by atoms with van der Waals surface area (Å²) in [5.74, 6) is 1.29. The lowest BCUT2D eigenvalue weighted by Crippen LogP contribution is -2.24. The van der Waals surface area contributed by atoms with Crippen molar-refractivity contribution in [3.63, 3.8) is 0 Å². The van der Waals surface area contributed by atoms with Crippen molar-refractivity contribution in [2.24, 2.45) is 7.05 Å². The van der Waals surface area contributed by atoms with Crippen LogP contribution in [0.2, 0.25) is 0 Å². The van der Waals surface area contributed by atoms with Gasteiger partial charge in [0.1, 0.15) is 11.6 Å². The van der Waals surface area contributed by atoms with Crippen LogP contribution in [0.4, 0.5) is 5.82 Å². The van der Waals surface area contributed by atoms with Crippen molar-refractivity contribution in [1.82, 2.24) is 14.5 Å². The summed E-state index contributed by atoms with van der Waals surface area (Å²) >= 11 is 0. The van der Waals surface area contributed by atoms with Gasteiger partial charge in [0.25, 0.3) is 0 Å². The molecule has 30 heavy (non-hydrogen) atoms. The zero-order valence-corrected chi connectivity index (χ0v) is 17.3. The zero-order valence-electron chi connectivity index (χ0n) is 17.3. The van der Waals surface area contributed by atoms with E-state index in [2.05, 4.69) is 14.9 Å². The van der Waals surface area contributed by atoms with E-state index < -0.39 is 0 Å². The normalized spacial score (nSPS) is 13.4. The number of carbonyl (C=O) groups is 2. The lowest BCUT2D eigenvalue weighted by Gasteiger charge is -2.16. The third kappa shape index (κ3) is 3.91. The van der Waals surface area contributed by atoms with E-state index in [1.165, 1.54) is 0 Å². The molecule has 7 heteroatoms. The first-order valence-electron chi connectivity index (χ1n) is 9.78. The maximum atomic E-state index is 12.6. The van der Waals surface area contributed by atoms with Gasteiger partial charge in [-0.05, 0) is 53.5 Å². The predicted octanol–water partition coefficient (Wildman–Crippen LogP) is 3.14. The van der Waals surface area contributed by atoms with Crippen LogP contribution in [0.1, 0.15) is 23.1 Å². The molecule has 154 valence electrons. The minimum absolute atomic E-state index is 0.0128. The topological polar surface area (TPSA) is 76.5 Å². The van der Waals surface area contributed by atoms with E-state index in [0.717, 1.165) is 33.3 Å². The summed E-state index contributed by atoms with van der Waals surface area (Å²) in [6.45, 7) is 0.488. The molecule has 0 unspecified atom stereocenters. The molecular weight excluding hydrogens is 380 g/mol.